The number of hydrogen-bond donors (Lipinski definition) is 1. The average Bonchev–Trinajstić information content (AvgIpc) is 3.22. The van der Waals surface area contributed by atoms with Crippen LogP contribution in [0.4, 0.5) is 11.4 Å². The quantitative estimate of drug-likeness (QED) is 0.711. The number of nitrogens with one attached hydrogen (secondary N) is 1. The molecule has 0 spiro atoms. The fourth-order valence-corrected chi connectivity index (χ4v) is 3.35. The van der Waals surface area contributed by atoms with Crippen LogP contribution in [0.1, 0.15) is 32.9 Å². The number of fused-ring (bicyclic) bond motifs is 1. The third-order valence-corrected chi connectivity index (χ3v) is 4.79. The molecule has 1 aliphatic rings. The van der Waals surface area contributed by atoms with Gasteiger partial charge in [-0.2, -0.15) is 0 Å². The summed E-state index contributed by atoms with van der Waals surface area (Å²) >= 11 is 5.86. The third-order valence-electron chi connectivity index (χ3n) is 4.54. The van der Waals surface area contributed by atoms with E-state index in [-0.39, 0.29) is 11.8 Å². The highest BCUT2D eigenvalue weighted by Gasteiger charge is 2.25. The van der Waals surface area contributed by atoms with Crippen LogP contribution in [0, 0.1) is 0 Å². The molecule has 6 heteroatoms. The zero-order chi connectivity index (χ0) is 18.8. The highest BCUT2D eigenvalue weighted by molar-refractivity contribution is 6.30. The van der Waals surface area contributed by atoms with E-state index in [1.165, 1.54) is 6.26 Å². The van der Waals surface area contributed by atoms with Crippen LogP contribution in [0.3, 0.4) is 0 Å². The Kier molecular flexibility index (Phi) is 4.69. The molecule has 2 heterocycles. The summed E-state index contributed by atoms with van der Waals surface area (Å²) in [6.45, 7) is 0.642. The van der Waals surface area contributed by atoms with Gasteiger partial charge in [0.1, 0.15) is 0 Å². The van der Waals surface area contributed by atoms with Gasteiger partial charge in [-0.05, 0) is 73.0 Å². The molecule has 0 aliphatic carbocycles. The first-order valence-electron chi connectivity index (χ1n) is 8.67. The molecular formula is C21H17ClN2O3. The van der Waals surface area contributed by atoms with Crippen molar-refractivity contribution in [2.45, 2.75) is 12.8 Å². The van der Waals surface area contributed by atoms with Gasteiger partial charge >= 0.3 is 0 Å². The van der Waals surface area contributed by atoms with Crippen molar-refractivity contribution in [3.63, 3.8) is 0 Å². The molecule has 0 atom stereocenters. The van der Waals surface area contributed by atoms with Crippen molar-refractivity contribution in [1.82, 2.24) is 0 Å². The molecule has 0 fully saturated rings. The van der Waals surface area contributed by atoms with Crippen LogP contribution in [0.5, 0.6) is 0 Å². The summed E-state index contributed by atoms with van der Waals surface area (Å²) in [5.74, 6) is -0.0344. The molecule has 4 rings (SSSR count). The van der Waals surface area contributed by atoms with Gasteiger partial charge in [0, 0.05) is 28.5 Å². The van der Waals surface area contributed by atoms with Crippen LogP contribution < -0.4 is 10.2 Å². The molecule has 0 radical (unpaired) electrons. The number of nitrogens with zero attached hydrogens (tertiary/aromatic N) is 1. The Morgan fingerprint density at radius 3 is 2.63 bits per heavy atom. The van der Waals surface area contributed by atoms with Crippen LogP contribution >= 0.6 is 11.6 Å². The van der Waals surface area contributed by atoms with Gasteiger partial charge in [-0.1, -0.05) is 11.6 Å². The number of benzene rings is 2. The molecule has 0 bridgehead atoms. The second-order valence-corrected chi connectivity index (χ2v) is 6.78. The molecule has 2 amide bonds. The molecule has 0 saturated carbocycles. The van der Waals surface area contributed by atoms with E-state index in [4.69, 9.17) is 16.0 Å². The summed E-state index contributed by atoms with van der Waals surface area (Å²) in [5.41, 5.74) is 3.11. The van der Waals surface area contributed by atoms with E-state index in [2.05, 4.69) is 5.32 Å². The zero-order valence-electron chi connectivity index (χ0n) is 14.4. The van der Waals surface area contributed by atoms with Crippen molar-refractivity contribution in [3.05, 3.63) is 82.8 Å². The summed E-state index contributed by atoms with van der Waals surface area (Å²) in [6.07, 6.45) is 3.20. The van der Waals surface area contributed by atoms with Crippen LogP contribution in [0.25, 0.3) is 0 Å². The molecule has 27 heavy (non-hydrogen) atoms. The number of halogens is 1. The molecule has 0 unspecified atom stereocenters. The first kappa shape index (κ1) is 17.4. The fraction of sp³-hybridized carbons (Fsp3) is 0.143. The summed E-state index contributed by atoms with van der Waals surface area (Å²) < 4.78 is 5.24. The molecule has 1 N–H and O–H groups in total. The lowest BCUT2D eigenvalue weighted by Gasteiger charge is -2.29. The van der Waals surface area contributed by atoms with Crippen molar-refractivity contribution in [1.29, 1.82) is 0 Å². The number of hydrogen-bond acceptors (Lipinski definition) is 3. The van der Waals surface area contributed by atoms with Gasteiger partial charge in [-0.15, -0.1) is 0 Å². The van der Waals surface area contributed by atoms with E-state index in [1.807, 2.05) is 12.1 Å². The van der Waals surface area contributed by atoms with Gasteiger partial charge < -0.3 is 14.6 Å². The minimum atomic E-state index is -0.203. The Bertz CT molecular complexity index is 981. The topological polar surface area (TPSA) is 62.6 Å². The fourth-order valence-electron chi connectivity index (χ4n) is 3.22. The lowest BCUT2D eigenvalue weighted by Crippen LogP contribution is -2.35. The number of furan rings is 1. The normalized spacial score (nSPS) is 13.1. The molecule has 136 valence electrons. The minimum absolute atomic E-state index is 0.154. The van der Waals surface area contributed by atoms with E-state index in [0.717, 1.165) is 24.1 Å². The predicted octanol–water partition coefficient (Wildman–Crippen LogP) is 4.78. The maximum Gasteiger partial charge on any atom is 0.293 e. The Morgan fingerprint density at radius 2 is 1.89 bits per heavy atom. The highest BCUT2D eigenvalue weighted by atomic mass is 35.5. The lowest BCUT2D eigenvalue weighted by atomic mass is 10.0. The minimum Gasteiger partial charge on any atom is -0.459 e. The smallest absolute Gasteiger partial charge is 0.293 e. The Labute approximate surface area is 161 Å². The molecule has 5 nitrogen and oxygen atoms in total. The monoisotopic (exact) mass is 380 g/mol. The van der Waals surface area contributed by atoms with Gasteiger partial charge in [0.05, 0.1) is 6.26 Å². The van der Waals surface area contributed by atoms with Gasteiger partial charge in [-0.3, -0.25) is 9.59 Å². The maximum atomic E-state index is 12.7. The van der Waals surface area contributed by atoms with Crippen molar-refractivity contribution in [2.24, 2.45) is 0 Å². The summed E-state index contributed by atoms with van der Waals surface area (Å²) in [4.78, 5) is 26.8. The van der Waals surface area contributed by atoms with Crippen LogP contribution in [0.2, 0.25) is 5.02 Å². The van der Waals surface area contributed by atoms with Gasteiger partial charge in [0.25, 0.3) is 11.8 Å². The van der Waals surface area contributed by atoms with Crippen molar-refractivity contribution in [2.75, 3.05) is 16.8 Å². The summed E-state index contributed by atoms with van der Waals surface area (Å²) in [5, 5.41) is 3.48. The van der Waals surface area contributed by atoms with Crippen LogP contribution in [0.15, 0.2) is 65.3 Å². The largest absolute Gasteiger partial charge is 0.459 e. The molecular weight excluding hydrogens is 364 g/mol. The Balaban J connectivity index is 1.55. The third kappa shape index (κ3) is 3.59. The molecule has 1 aliphatic heterocycles. The second-order valence-electron chi connectivity index (χ2n) is 6.34. The van der Waals surface area contributed by atoms with Crippen molar-refractivity contribution < 1.29 is 14.0 Å². The van der Waals surface area contributed by atoms with E-state index >= 15 is 0 Å². The number of carbonyl (C=O) groups excluding carboxylic acids is 2. The number of amides is 2. The van der Waals surface area contributed by atoms with Crippen LogP contribution in [-0.4, -0.2) is 18.4 Å². The maximum absolute atomic E-state index is 12.7. The number of rotatable bonds is 3. The van der Waals surface area contributed by atoms with E-state index in [1.54, 1.807) is 47.4 Å². The Hall–Kier alpha value is -3.05. The lowest BCUT2D eigenvalue weighted by molar-refractivity contribution is 0.0957. The molecule has 1 aromatic heterocycles. The predicted molar refractivity (Wildman–Crippen MR) is 105 cm³/mol. The van der Waals surface area contributed by atoms with Gasteiger partial charge in [-0.25, -0.2) is 0 Å². The first-order valence-corrected chi connectivity index (χ1v) is 9.05. The zero-order valence-corrected chi connectivity index (χ0v) is 15.2. The SMILES string of the molecule is O=C(Nc1ccc2c(c1)CCCN2C(=O)c1ccco1)c1ccc(Cl)cc1. The Morgan fingerprint density at radius 1 is 1.07 bits per heavy atom. The highest BCUT2D eigenvalue weighted by Crippen LogP contribution is 2.31. The van der Waals surface area contributed by atoms with Crippen LogP contribution in [-0.2, 0) is 6.42 Å². The standard InChI is InChI=1S/C21H17ClN2O3/c22-16-7-5-14(6-8-16)20(25)23-17-9-10-18-15(13-17)3-1-11-24(18)21(26)19-4-2-12-27-19/h2,4-10,12-13H,1,3,11H2,(H,23,25). The second kappa shape index (κ2) is 7.29. The van der Waals surface area contributed by atoms with Crippen molar-refractivity contribution in [3.8, 4) is 0 Å². The van der Waals surface area contributed by atoms with Gasteiger partial charge in [0.15, 0.2) is 5.76 Å². The van der Waals surface area contributed by atoms with Crippen molar-refractivity contribution >= 4 is 34.8 Å². The van der Waals surface area contributed by atoms with E-state index in [0.29, 0.717) is 28.6 Å². The summed E-state index contributed by atoms with van der Waals surface area (Å²) in [6, 6.07) is 15.7. The van der Waals surface area contributed by atoms with E-state index < -0.39 is 0 Å². The molecule has 0 saturated heterocycles. The number of carbonyl (C=O) groups is 2. The number of anilines is 2. The summed E-state index contributed by atoms with van der Waals surface area (Å²) in [7, 11) is 0. The average molecular weight is 381 g/mol. The molecule has 2 aromatic carbocycles. The van der Waals surface area contributed by atoms with Gasteiger partial charge in [0.2, 0.25) is 0 Å². The first-order chi connectivity index (χ1) is 13.1. The number of aryl methyl sites for hydroxylation is 1. The molecule has 3 aromatic rings. The van der Waals surface area contributed by atoms with E-state index in [9.17, 15) is 9.59 Å².